The summed E-state index contributed by atoms with van der Waals surface area (Å²) in [6, 6.07) is 39.1. The minimum Gasteiger partial charge on any atom is -0.482 e. The molecule has 3 aliphatic rings. The lowest BCUT2D eigenvalue weighted by atomic mass is 9.91. The van der Waals surface area contributed by atoms with Gasteiger partial charge < -0.3 is 52.1 Å². The fourth-order valence-electron chi connectivity index (χ4n) is 7.57. The van der Waals surface area contributed by atoms with E-state index in [1.807, 2.05) is 129 Å². The summed E-state index contributed by atoms with van der Waals surface area (Å²) in [6.07, 6.45) is 2.94. The molecule has 2 atom stereocenters. The number of esters is 2. The van der Waals surface area contributed by atoms with E-state index in [1.54, 1.807) is 48.5 Å². The van der Waals surface area contributed by atoms with E-state index in [2.05, 4.69) is 39.8 Å². The smallest absolute Gasteiger partial charge is 0.349 e. The number of ether oxygens (including phenoxy) is 11. The molecule has 3 aliphatic heterocycles. The summed E-state index contributed by atoms with van der Waals surface area (Å²) in [5.41, 5.74) is 2.09. The number of carbonyl (C=O) groups is 2. The van der Waals surface area contributed by atoms with Gasteiger partial charge in [-0.2, -0.15) is 0 Å². The molecule has 2 unspecified atom stereocenters. The highest BCUT2D eigenvalue weighted by Gasteiger charge is 2.34. The molecule has 3 heterocycles. The van der Waals surface area contributed by atoms with Gasteiger partial charge >= 0.3 is 11.9 Å². The summed E-state index contributed by atoms with van der Waals surface area (Å²) in [5.74, 6) is 6.76. The average Bonchev–Trinajstić information content (AvgIpc) is 3.98. The van der Waals surface area contributed by atoms with Crippen molar-refractivity contribution in [1.29, 1.82) is 0 Å². The Kier molecular flexibility index (Phi) is 16.6. The predicted molar refractivity (Wildman–Crippen MR) is 283 cm³/mol. The molecule has 392 valence electrons. The van der Waals surface area contributed by atoms with Gasteiger partial charge in [0.05, 0.1) is 5.41 Å². The highest BCUT2D eigenvalue weighted by Crippen LogP contribution is 2.44. The first-order chi connectivity index (χ1) is 35.0. The first kappa shape index (κ1) is 54.2. The number of rotatable bonds is 15. The van der Waals surface area contributed by atoms with Crippen LogP contribution in [0, 0.1) is 5.41 Å². The van der Waals surface area contributed by atoms with Crippen molar-refractivity contribution in [2.75, 3.05) is 6.61 Å². The lowest BCUT2D eigenvalue weighted by Gasteiger charge is -2.20. The molecule has 0 spiro atoms. The highest BCUT2D eigenvalue weighted by molar-refractivity contribution is 5.78. The van der Waals surface area contributed by atoms with Crippen LogP contribution in [0.15, 0.2) is 127 Å². The Morgan fingerprint density at radius 1 is 0.446 bits per heavy atom. The molecule has 9 rings (SSSR count). The highest BCUT2D eigenvalue weighted by atomic mass is 16.7. The van der Waals surface area contributed by atoms with Gasteiger partial charge in [-0.15, -0.1) is 0 Å². The Morgan fingerprint density at radius 2 is 0.784 bits per heavy atom. The summed E-state index contributed by atoms with van der Waals surface area (Å²) >= 11 is 0. The standard InChI is InChI=1S/2C21H24O5.C19H22O3/c1-6-20(2,3)19(22)24-15-9-7-14(8-10-15)23-16-11-12-17-18(13-16)26-21(4,5)25-17;1-5-14(2)15-6-8-16(9-7-15)23-13-20(22)24-17-10-11-18-19(12-17)26-21(3,4)25-18;1-5-13(2)14-6-8-15(9-7-14)20-16-10-11-17-18(12-16)22-19(3,4)21-17/h7-13H,6H2,1-5H3;6-12,14H,5,13H2,1-4H3;6-13H,5H2,1-4H3. The zero-order valence-electron chi connectivity index (χ0n) is 44.9. The minimum absolute atomic E-state index is 0.164. The zero-order valence-corrected chi connectivity index (χ0v) is 44.9. The van der Waals surface area contributed by atoms with Crippen LogP contribution in [0.5, 0.6) is 74.7 Å². The van der Waals surface area contributed by atoms with E-state index in [-0.39, 0.29) is 12.6 Å². The van der Waals surface area contributed by atoms with Crippen LogP contribution in [-0.4, -0.2) is 35.9 Å². The molecule has 0 saturated carbocycles. The van der Waals surface area contributed by atoms with Crippen molar-refractivity contribution >= 4 is 11.9 Å². The van der Waals surface area contributed by atoms with E-state index in [0.717, 1.165) is 35.8 Å². The van der Waals surface area contributed by atoms with Gasteiger partial charge in [-0.25, -0.2) is 4.79 Å². The van der Waals surface area contributed by atoms with Gasteiger partial charge in [-0.3, -0.25) is 4.79 Å². The van der Waals surface area contributed by atoms with Gasteiger partial charge in [0, 0.05) is 59.7 Å². The largest absolute Gasteiger partial charge is 0.482 e. The Morgan fingerprint density at radius 3 is 1.19 bits per heavy atom. The van der Waals surface area contributed by atoms with Crippen LogP contribution in [0.2, 0.25) is 0 Å². The first-order valence-electron chi connectivity index (χ1n) is 25.3. The second-order valence-electron chi connectivity index (χ2n) is 20.5. The molecule has 0 bridgehead atoms. The second-order valence-corrected chi connectivity index (χ2v) is 20.5. The molecule has 0 fully saturated rings. The van der Waals surface area contributed by atoms with Gasteiger partial charge in [0.2, 0.25) is 17.4 Å². The SMILES string of the molecule is CCC(C)(C)C(=O)Oc1ccc(Oc2ccc3c(c2)OC(C)(C)O3)cc1.CCC(C)c1ccc(OCC(=O)Oc2ccc3c(c2)OC(C)(C)O3)cc1.CCC(C)c1ccc(Oc2ccc3c(c2)OC(C)(C)O3)cc1. The van der Waals surface area contributed by atoms with E-state index in [4.69, 9.17) is 52.1 Å². The third-order valence-electron chi connectivity index (χ3n) is 12.5. The minimum atomic E-state index is -0.713. The van der Waals surface area contributed by atoms with Gasteiger partial charge in [-0.05, 0) is 141 Å². The molecule has 0 aromatic heterocycles. The predicted octanol–water partition coefficient (Wildman–Crippen LogP) is 15.5. The third kappa shape index (κ3) is 14.6. The summed E-state index contributed by atoms with van der Waals surface area (Å²) in [6.45, 7) is 25.4. The molecule has 0 amide bonds. The van der Waals surface area contributed by atoms with E-state index in [1.165, 1.54) is 11.1 Å². The molecule has 6 aromatic rings. The molecule has 74 heavy (non-hydrogen) atoms. The monoisotopic (exact) mass is 1010 g/mol. The number of hydrogen-bond acceptors (Lipinski definition) is 13. The van der Waals surface area contributed by atoms with Gasteiger partial charge in [0.1, 0.15) is 40.2 Å². The maximum atomic E-state index is 12.1. The number of fused-ring (bicyclic) bond motifs is 3. The first-order valence-corrected chi connectivity index (χ1v) is 25.3. The van der Waals surface area contributed by atoms with E-state index >= 15 is 0 Å². The Balaban J connectivity index is 0.000000163. The Hall–Kier alpha value is -7.54. The topological polar surface area (TPSA) is 136 Å². The van der Waals surface area contributed by atoms with Crippen molar-refractivity contribution in [1.82, 2.24) is 0 Å². The van der Waals surface area contributed by atoms with E-state index < -0.39 is 28.7 Å². The van der Waals surface area contributed by atoms with E-state index in [9.17, 15) is 9.59 Å². The summed E-state index contributed by atoms with van der Waals surface area (Å²) in [4.78, 5) is 24.1. The fourth-order valence-corrected chi connectivity index (χ4v) is 7.57. The lowest BCUT2D eigenvalue weighted by Crippen LogP contribution is -2.29. The van der Waals surface area contributed by atoms with Crippen molar-refractivity contribution in [2.45, 2.75) is 138 Å². The molecule has 13 nitrogen and oxygen atoms in total. The van der Waals surface area contributed by atoms with Crippen LogP contribution in [-0.2, 0) is 9.59 Å². The Bertz CT molecular complexity index is 2870. The van der Waals surface area contributed by atoms with Gasteiger partial charge in [0.15, 0.2) is 41.1 Å². The van der Waals surface area contributed by atoms with Crippen molar-refractivity contribution in [3.8, 4) is 74.7 Å². The molecular weight excluding hydrogens is 941 g/mol. The van der Waals surface area contributed by atoms with Crippen LogP contribution in [0.3, 0.4) is 0 Å². The zero-order chi connectivity index (χ0) is 53.4. The van der Waals surface area contributed by atoms with Crippen LogP contribution in [0.1, 0.15) is 132 Å². The van der Waals surface area contributed by atoms with Crippen LogP contribution < -0.4 is 52.1 Å². The van der Waals surface area contributed by atoms with Crippen molar-refractivity contribution < 1.29 is 61.7 Å². The summed E-state index contributed by atoms with van der Waals surface area (Å²) < 4.78 is 62.0. The molecule has 0 saturated heterocycles. The number of benzene rings is 6. The average molecular weight is 1010 g/mol. The van der Waals surface area contributed by atoms with Crippen molar-refractivity contribution in [2.24, 2.45) is 5.41 Å². The molecule has 0 aliphatic carbocycles. The van der Waals surface area contributed by atoms with E-state index in [0.29, 0.717) is 70.0 Å². The third-order valence-corrected chi connectivity index (χ3v) is 12.5. The molecule has 13 heteroatoms. The number of hydrogen-bond donors (Lipinski definition) is 0. The van der Waals surface area contributed by atoms with Crippen LogP contribution in [0.4, 0.5) is 0 Å². The lowest BCUT2D eigenvalue weighted by molar-refractivity contribution is -0.144. The number of carbonyl (C=O) groups excluding carboxylic acids is 2. The quantitative estimate of drug-likeness (QED) is 0.0714. The summed E-state index contributed by atoms with van der Waals surface area (Å²) in [5, 5.41) is 0. The maximum Gasteiger partial charge on any atom is 0.349 e. The van der Waals surface area contributed by atoms with Crippen LogP contribution in [0.25, 0.3) is 0 Å². The van der Waals surface area contributed by atoms with Gasteiger partial charge in [0.25, 0.3) is 0 Å². The maximum absolute atomic E-state index is 12.1. The van der Waals surface area contributed by atoms with Crippen LogP contribution >= 0.6 is 0 Å². The normalized spacial score (nSPS) is 15.5. The molecular formula is C61H70O13. The van der Waals surface area contributed by atoms with Crippen molar-refractivity contribution in [3.05, 3.63) is 139 Å². The van der Waals surface area contributed by atoms with Crippen molar-refractivity contribution in [3.63, 3.8) is 0 Å². The fraction of sp³-hybridized carbons (Fsp3) is 0.377. The molecule has 0 N–H and O–H groups in total. The Labute approximate surface area is 435 Å². The molecule has 0 radical (unpaired) electrons. The second kappa shape index (κ2) is 22.7. The van der Waals surface area contributed by atoms with Gasteiger partial charge in [-0.1, -0.05) is 58.9 Å². The summed E-state index contributed by atoms with van der Waals surface area (Å²) in [7, 11) is 0. The molecule has 6 aromatic carbocycles.